The number of fused-ring (bicyclic) bond motifs is 5. The van der Waals surface area contributed by atoms with E-state index >= 15 is 0 Å². The van der Waals surface area contributed by atoms with E-state index in [1.165, 1.54) is 36.8 Å². The van der Waals surface area contributed by atoms with Crippen LogP contribution in [0.2, 0.25) is 0 Å². The molecule has 19 heavy (non-hydrogen) atoms. The molecule has 4 aliphatic carbocycles. The van der Waals surface area contributed by atoms with E-state index in [0.29, 0.717) is 17.8 Å². The van der Waals surface area contributed by atoms with Gasteiger partial charge in [-0.2, -0.15) is 0 Å². The predicted octanol–water partition coefficient (Wildman–Crippen LogP) is 3.74. The summed E-state index contributed by atoms with van der Waals surface area (Å²) < 4.78 is 0. The normalized spacial score (nSPS) is 49.0. The highest BCUT2D eigenvalue weighted by Gasteiger charge is 2.77. The first kappa shape index (κ1) is 10.7. The maximum absolute atomic E-state index is 11.6. The van der Waals surface area contributed by atoms with Crippen molar-refractivity contribution in [2.75, 3.05) is 0 Å². The summed E-state index contributed by atoms with van der Waals surface area (Å²) in [6, 6.07) is 8.74. The van der Waals surface area contributed by atoms with E-state index in [9.17, 15) is 5.11 Å². The maximum atomic E-state index is 11.6. The molecule has 1 spiro atoms. The summed E-state index contributed by atoms with van der Waals surface area (Å²) >= 11 is 0. The summed E-state index contributed by atoms with van der Waals surface area (Å²) in [4.78, 5) is 0. The topological polar surface area (TPSA) is 20.2 Å². The molecule has 0 aromatic heterocycles. The summed E-state index contributed by atoms with van der Waals surface area (Å²) in [5, 5.41) is 11.6. The van der Waals surface area contributed by atoms with Crippen LogP contribution in [0.4, 0.5) is 0 Å². The third-order valence-corrected chi connectivity index (χ3v) is 6.71. The zero-order valence-corrected chi connectivity index (χ0v) is 11.2. The minimum Gasteiger partial charge on any atom is -0.384 e. The smallest absolute Gasteiger partial charge is 0.100 e. The van der Waals surface area contributed by atoms with Gasteiger partial charge in [-0.15, -0.1) is 0 Å². The zero-order chi connectivity index (χ0) is 12.7. The molecule has 0 radical (unpaired) electrons. The Kier molecular flexibility index (Phi) is 1.77. The van der Waals surface area contributed by atoms with Crippen molar-refractivity contribution in [2.45, 2.75) is 43.6 Å². The predicted molar refractivity (Wildman–Crippen MR) is 74.7 cm³/mol. The lowest BCUT2D eigenvalue weighted by Crippen LogP contribution is -2.66. The Morgan fingerprint density at radius 2 is 2.05 bits per heavy atom. The van der Waals surface area contributed by atoms with Crippen molar-refractivity contribution in [3.05, 3.63) is 47.5 Å². The summed E-state index contributed by atoms with van der Waals surface area (Å²) in [5.74, 6) is 1.69. The number of benzene rings is 1. The van der Waals surface area contributed by atoms with E-state index in [2.05, 4.69) is 36.4 Å². The van der Waals surface area contributed by atoms with Gasteiger partial charge in [-0.3, -0.25) is 0 Å². The molecule has 0 saturated heterocycles. The van der Waals surface area contributed by atoms with Gasteiger partial charge in [0.15, 0.2) is 0 Å². The van der Waals surface area contributed by atoms with E-state index in [0.717, 1.165) is 6.42 Å². The molecule has 1 nitrogen and oxygen atoms in total. The van der Waals surface area contributed by atoms with Crippen molar-refractivity contribution in [3.63, 3.8) is 0 Å². The summed E-state index contributed by atoms with van der Waals surface area (Å²) in [5.41, 5.74) is 2.36. The fourth-order valence-corrected chi connectivity index (χ4v) is 6.20. The molecular formula is C18H20O. The van der Waals surface area contributed by atoms with Crippen LogP contribution in [-0.4, -0.2) is 5.11 Å². The molecule has 1 heteroatoms. The highest BCUT2D eigenvalue weighted by atomic mass is 16.3. The van der Waals surface area contributed by atoms with Gasteiger partial charge in [-0.1, -0.05) is 49.3 Å². The minimum atomic E-state index is -0.525. The van der Waals surface area contributed by atoms with Crippen LogP contribution in [0.25, 0.3) is 0 Å². The molecule has 1 aromatic rings. The minimum absolute atomic E-state index is 0.145. The van der Waals surface area contributed by atoms with Crippen molar-refractivity contribution >= 4 is 0 Å². The SMILES string of the molecule is O[C@]12c3ccccc3[C@@H]3CCCC[C@@]31[C@@H]1C=CC[C@@H]12. The number of allylic oxidation sites excluding steroid dienone is 2. The van der Waals surface area contributed by atoms with E-state index < -0.39 is 5.60 Å². The van der Waals surface area contributed by atoms with Crippen molar-refractivity contribution in [1.29, 1.82) is 0 Å². The highest BCUT2D eigenvalue weighted by Crippen LogP contribution is 2.79. The second kappa shape index (κ2) is 3.15. The van der Waals surface area contributed by atoms with Crippen molar-refractivity contribution in [1.82, 2.24) is 0 Å². The van der Waals surface area contributed by atoms with Crippen LogP contribution in [0.3, 0.4) is 0 Å². The molecule has 1 aromatic carbocycles. The molecule has 0 heterocycles. The molecule has 4 aliphatic rings. The Labute approximate surface area is 114 Å². The molecule has 0 amide bonds. The Morgan fingerprint density at radius 3 is 3.00 bits per heavy atom. The van der Waals surface area contributed by atoms with Crippen LogP contribution in [0.1, 0.15) is 49.1 Å². The van der Waals surface area contributed by atoms with Gasteiger partial charge in [0.2, 0.25) is 0 Å². The third-order valence-electron chi connectivity index (χ3n) is 6.71. The zero-order valence-electron chi connectivity index (χ0n) is 11.2. The van der Waals surface area contributed by atoms with Gasteiger partial charge in [0.05, 0.1) is 0 Å². The molecule has 0 bridgehead atoms. The van der Waals surface area contributed by atoms with Gasteiger partial charge in [-0.05, 0) is 42.2 Å². The Bertz CT molecular complexity index is 589. The van der Waals surface area contributed by atoms with Gasteiger partial charge >= 0.3 is 0 Å². The number of aliphatic hydroxyl groups is 1. The second-order valence-electron chi connectivity index (χ2n) is 6.99. The fourth-order valence-electron chi connectivity index (χ4n) is 6.20. The van der Waals surface area contributed by atoms with Gasteiger partial charge in [-0.25, -0.2) is 0 Å². The van der Waals surface area contributed by atoms with Gasteiger partial charge in [0.25, 0.3) is 0 Å². The summed E-state index contributed by atoms with van der Waals surface area (Å²) in [6.45, 7) is 0. The van der Waals surface area contributed by atoms with Gasteiger partial charge in [0.1, 0.15) is 5.60 Å². The average Bonchev–Trinajstić information content (AvgIpc) is 2.99. The van der Waals surface area contributed by atoms with Crippen molar-refractivity contribution in [3.8, 4) is 0 Å². The molecular weight excluding hydrogens is 232 g/mol. The van der Waals surface area contributed by atoms with E-state index in [1.807, 2.05) is 0 Å². The Morgan fingerprint density at radius 1 is 1.16 bits per heavy atom. The van der Waals surface area contributed by atoms with Crippen LogP contribution in [0, 0.1) is 17.3 Å². The molecule has 2 saturated carbocycles. The molecule has 0 unspecified atom stereocenters. The van der Waals surface area contributed by atoms with Gasteiger partial charge < -0.3 is 5.11 Å². The lowest BCUT2D eigenvalue weighted by molar-refractivity contribution is -0.262. The number of hydrogen-bond acceptors (Lipinski definition) is 1. The highest BCUT2D eigenvalue weighted by molar-refractivity contribution is 5.52. The lowest BCUT2D eigenvalue weighted by Gasteiger charge is -2.65. The van der Waals surface area contributed by atoms with Crippen LogP contribution < -0.4 is 0 Å². The molecule has 0 aliphatic heterocycles. The van der Waals surface area contributed by atoms with E-state index in [4.69, 9.17) is 0 Å². The quantitative estimate of drug-likeness (QED) is 0.697. The van der Waals surface area contributed by atoms with E-state index in [-0.39, 0.29) is 5.41 Å². The lowest BCUT2D eigenvalue weighted by atomic mass is 9.40. The molecule has 5 rings (SSSR count). The number of hydrogen-bond donors (Lipinski definition) is 1. The van der Waals surface area contributed by atoms with Crippen LogP contribution in [0.15, 0.2) is 36.4 Å². The first-order chi connectivity index (χ1) is 9.30. The standard InChI is InChI=1S/C18H20O/c19-18-14-8-2-1-6-12(14)13-7-3-4-11-17(13,18)15-9-5-10-16(15)18/h1-2,5-6,8-9,13,15-16,19H,3-4,7,10-11H2/t13-,15+,16-,17-,18-/m0/s1. The van der Waals surface area contributed by atoms with Crippen molar-refractivity contribution < 1.29 is 5.11 Å². The van der Waals surface area contributed by atoms with Crippen LogP contribution in [-0.2, 0) is 5.60 Å². The van der Waals surface area contributed by atoms with Crippen LogP contribution in [0.5, 0.6) is 0 Å². The first-order valence-corrected chi connectivity index (χ1v) is 7.78. The molecule has 2 fully saturated rings. The van der Waals surface area contributed by atoms with Gasteiger partial charge in [0, 0.05) is 11.3 Å². The Hall–Kier alpha value is -1.08. The van der Waals surface area contributed by atoms with E-state index in [1.54, 1.807) is 0 Å². The Balaban J connectivity index is 1.79. The molecule has 1 N–H and O–H groups in total. The fraction of sp³-hybridized carbons (Fsp3) is 0.556. The molecule has 98 valence electrons. The van der Waals surface area contributed by atoms with Crippen LogP contribution >= 0.6 is 0 Å². The monoisotopic (exact) mass is 252 g/mol. The average molecular weight is 252 g/mol. The number of rotatable bonds is 0. The second-order valence-corrected chi connectivity index (χ2v) is 6.99. The largest absolute Gasteiger partial charge is 0.384 e. The summed E-state index contributed by atoms with van der Waals surface area (Å²) in [6.07, 6.45) is 10.9. The first-order valence-electron chi connectivity index (χ1n) is 7.78. The molecule has 5 atom stereocenters. The summed E-state index contributed by atoms with van der Waals surface area (Å²) in [7, 11) is 0. The maximum Gasteiger partial charge on any atom is 0.100 e. The third kappa shape index (κ3) is 0.894. The van der Waals surface area contributed by atoms with Crippen molar-refractivity contribution in [2.24, 2.45) is 17.3 Å².